The average molecular weight is 274 g/mol. The highest BCUT2D eigenvalue weighted by molar-refractivity contribution is 7.13. The summed E-state index contributed by atoms with van der Waals surface area (Å²) in [6.45, 7) is 1.51. The Morgan fingerprint density at radius 3 is 2.79 bits per heavy atom. The van der Waals surface area contributed by atoms with Crippen LogP contribution in [0, 0.1) is 0 Å². The molecule has 0 saturated heterocycles. The van der Waals surface area contributed by atoms with Crippen molar-refractivity contribution in [1.82, 2.24) is 10.2 Å². The van der Waals surface area contributed by atoms with Crippen molar-refractivity contribution in [3.63, 3.8) is 0 Å². The molecule has 3 nitrogen and oxygen atoms in total. The molecule has 0 fully saturated rings. The Morgan fingerprint density at radius 1 is 1.26 bits per heavy atom. The summed E-state index contributed by atoms with van der Waals surface area (Å²) < 4.78 is 0. The van der Waals surface area contributed by atoms with Crippen molar-refractivity contribution in [3.8, 4) is 10.4 Å². The summed E-state index contributed by atoms with van der Waals surface area (Å²) in [6.07, 6.45) is 0. The van der Waals surface area contributed by atoms with Gasteiger partial charge in [0.15, 0.2) is 0 Å². The minimum absolute atomic E-state index is 0.0137. The maximum atomic E-state index is 12.0. The van der Waals surface area contributed by atoms with Gasteiger partial charge in [-0.3, -0.25) is 4.79 Å². The molecule has 19 heavy (non-hydrogen) atoms. The van der Waals surface area contributed by atoms with Crippen LogP contribution in [0.25, 0.3) is 10.4 Å². The van der Waals surface area contributed by atoms with E-state index >= 15 is 0 Å². The van der Waals surface area contributed by atoms with E-state index in [1.54, 1.807) is 11.3 Å². The zero-order valence-corrected chi connectivity index (χ0v) is 12.0. The van der Waals surface area contributed by atoms with Crippen LogP contribution in [-0.4, -0.2) is 38.0 Å². The van der Waals surface area contributed by atoms with Gasteiger partial charge in [0.2, 0.25) is 0 Å². The monoisotopic (exact) mass is 274 g/mol. The zero-order valence-electron chi connectivity index (χ0n) is 11.2. The van der Waals surface area contributed by atoms with E-state index in [9.17, 15) is 4.79 Å². The molecule has 0 radical (unpaired) electrons. The summed E-state index contributed by atoms with van der Waals surface area (Å²) in [5.74, 6) is -0.0137. The maximum Gasteiger partial charge on any atom is 0.251 e. The molecule has 4 heteroatoms. The third-order valence-corrected chi connectivity index (χ3v) is 3.69. The van der Waals surface area contributed by atoms with Crippen molar-refractivity contribution in [1.29, 1.82) is 0 Å². The number of benzene rings is 1. The zero-order chi connectivity index (χ0) is 13.7. The normalized spacial score (nSPS) is 10.7. The van der Waals surface area contributed by atoms with Gasteiger partial charge < -0.3 is 10.2 Å². The summed E-state index contributed by atoms with van der Waals surface area (Å²) in [6, 6.07) is 11.8. The Bertz CT molecular complexity index is 535. The minimum atomic E-state index is -0.0137. The van der Waals surface area contributed by atoms with Crippen LogP contribution < -0.4 is 5.32 Å². The fourth-order valence-corrected chi connectivity index (χ4v) is 2.48. The number of nitrogens with zero attached hydrogens (tertiary/aromatic N) is 1. The van der Waals surface area contributed by atoms with Crippen molar-refractivity contribution in [2.24, 2.45) is 0 Å². The molecular formula is C15H18N2OS. The predicted octanol–water partition coefficient (Wildman–Crippen LogP) is 2.71. The molecule has 2 aromatic rings. The van der Waals surface area contributed by atoms with Crippen LogP contribution in [0.3, 0.4) is 0 Å². The van der Waals surface area contributed by atoms with Crippen LogP contribution >= 0.6 is 11.3 Å². The van der Waals surface area contributed by atoms with Crippen LogP contribution in [0.1, 0.15) is 10.4 Å². The van der Waals surface area contributed by atoms with Gasteiger partial charge in [0.1, 0.15) is 0 Å². The Labute approximate surface area is 117 Å². The summed E-state index contributed by atoms with van der Waals surface area (Å²) in [5.41, 5.74) is 1.81. The van der Waals surface area contributed by atoms with E-state index in [1.165, 1.54) is 4.88 Å². The van der Waals surface area contributed by atoms with Crippen molar-refractivity contribution < 1.29 is 4.79 Å². The van der Waals surface area contributed by atoms with Crippen molar-refractivity contribution in [3.05, 3.63) is 47.3 Å². The van der Waals surface area contributed by atoms with Crippen LogP contribution in [-0.2, 0) is 0 Å². The van der Waals surface area contributed by atoms with E-state index in [4.69, 9.17) is 0 Å². The molecule has 0 aliphatic heterocycles. The van der Waals surface area contributed by atoms with Gasteiger partial charge in [0.05, 0.1) is 0 Å². The van der Waals surface area contributed by atoms with E-state index in [0.717, 1.165) is 12.1 Å². The van der Waals surface area contributed by atoms with E-state index < -0.39 is 0 Å². The predicted molar refractivity (Wildman–Crippen MR) is 80.6 cm³/mol. The van der Waals surface area contributed by atoms with Crippen LogP contribution in [0.15, 0.2) is 41.8 Å². The first kappa shape index (κ1) is 13.8. The quantitative estimate of drug-likeness (QED) is 0.909. The topological polar surface area (TPSA) is 32.3 Å². The standard InChI is InChI=1S/C15H18N2OS/c1-17(2)9-8-16-15(18)13-6-3-5-12(11-13)14-7-4-10-19-14/h3-7,10-11H,8-9H2,1-2H3,(H,16,18). The molecule has 2 rings (SSSR count). The molecule has 0 unspecified atom stereocenters. The van der Waals surface area contributed by atoms with Crippen molar-refractivity contribution in [2.45, 2.75) is 0 Å². The second kappa shape index (κ2) is 6.50. The largest absolute Gasteiger partial charge is 0.351 e. The third-order valence-electron chi connectivity index (χ3n) is 2.78. The molecule has 1 amide bonds. The van der Waals surface area contributed by atoms with E-state index in [1.807, 2.05) is 54.7 Å². The number of hydrogen-bond donors (Lipinski definition) is 1. The highest BCUT2D eigenvalue weighted by Gasteiger charge is 2.07. The fourth-order valence-electron chi connectivity index (χ4n) is 1.75. The lowest BCUT2D eigenvalue weighted by Crippen LogP contribution is -2.31. The van der Waals surface area contributed by atoms with Gasteiger partial charge in [-0.15, -0.1) is 11.3 Å². The molecule has 0 aliphatic carbocycles. The van der Waals surface area contributed by atoms with E-state index in [2.05, 4.69) is 11.4 Å². The number of rotatable bonds is 5. The van der Waals surface area contributed by atoms with Gasteiger partial charge in [-0.1, -0.05) is 18.2 Å². The third kappa shape index (κ3) is 3.91. The average Bonchev–Trinajstić information content (AvgIpc) is 2.92. The summed E-state index contributed by atoms with van der Waals surface area (Å²) in [7, 11) is 3.98. The number of likely N-dealkylation sites (N-methyl/N-ethyl adjacent to an activating group) is 1. The van der Waals surface area contributed by atoms with Gasteiger partial charge in [0, 0.05) is 23.5 Å². The second-order valence-electron chi connectivity index (χ2n) is 4.62. The van der Waals surface area contributed by atoms with Crippen molar-refractivity contribution >= 4 is 17.2 Å². The van der Waals surface area contributed by atoms with E-state index in [-0.39, 0.29) is 5.91 Å². The number of hydrogen-bond acceptors (Lipinski definition) is 3. The lowest BCUT2D eigenvalue weighted by atomic mass is 10.1. The lowest BCUT2D eigenvalue weighted by Gasteiger charge is -2.10. The van der Waals surface area contributed by atoms with E-state index in [0.29, 0.717) is 12.1 Å². The fraction of sp³-hybridized carbons (Fsp3) is 0.267. The summed E-state index contributed by atoms with van der Waals surface area (Å²) >= 11 is 1.68. The molecule has 0 atom stereocenters. The molecule has 100 valence electrons. The molecular weight excluding hydrogens is 256 g/mol. The molecule has 0 saturated carbocycles. The van der Waals surface area contributed by atoms with Crippen LogP contribution in [0.5, 0.6) is 0 Å². The Hall–Kier alpha value is -1.65. The molecule has 0 spiro atoms. The molecule has 0 aliphatic rings. The Balaban J connectivity index is 2.04. The first-order chi connectivity index (χ1) is 9.16. The number of carbonyl (C=O) groups is 1. The summed E-state index contributed by atoms with van der Waals surface area (Å²) in [4.78, 5) is 15.2. The molecule has 0 bridgehead atoms. The smallest absolute Gasteiger partial charge is 0.251 e. The Morgan fingerprint density at radius 2 is 2.11 bits per heavy atom. The first-order valence-electron chi connectivity index (χ1n) is 6.23. The van der Waals surface area contributed by atoms with Crippen molar-refractivity contribution in [2.75, 3.05) is 27.2 Å². The molecule has 1 aromatic heterocycles. The second-order valence-corrected chi connectivity index (χ2v) is 5.56. The van der Waals surface area contributed by atoms with Gasteiger partial charge in [-0.05, 0) is 43.2 Å². The van der Waals surface area contributed by atoms with Gasteiger partial charge in [0.25, 0.3) is 5.91 Å². The number of amides is 1. The van der Waals surface area contributed by atoms with Crippen LogP contribution in [0.4, 0.5) is 0 Å². The molecule has 1 aromatic carbocycles. The van der Waals surface area contributed by atoms with Gasteiger partial charge >= 0.3 is 0 Å². The lowest BCUT2D eigenvalue weighted by molar-refractivity contribution is 0.0951. The molecule has 1 N–H and O–H groups in total. The van der Waals surface area contributed by atoms with Gasteiger partial charge in [-0.2, -0.15) is 0 Å². The highest BCUT2D eigenvalue weighted by Crippen LogP contribution is 2.25. The Kier molecular flexibility index (Phi) is 4.71. The number of nitrogens with one attached hydrogen (secondary N) is 1. The number of carbonyl (C=O) groups excluding carboxylic acids is 1. The maximum absolute atomic E-state index is 12.0. The van der Waals surface area contributed by atoms with Crippen LogP contribution in [0.2, 0.25) is 0 Å². The summed E-state index contributed by atoms with van der Waals surface area (Å²) in [5, 5.41) is 4.97. The first-order valence-corrected chi connectivity index (χ1v) is 7.11. The van der Waals surface area contributed by atoms with Gasteiger partial charge in [-0.25, -0.2) is 0 Å². The SMILES string of the molecule is CN(C)CCNC(=O)c1cccc(-c2cccs2)c1. The number of thiophene rings is 1. The highest BCUT2D eigenvalue weighted by atomic mass is 32.1. The minimum Gasteiger partial charge on any atom is -0.351 e. The molecule has 1 heterocycles.